The Morgan fingerprint density at radius 1 is 0.342 bits per heavy atom. The van der Waals surface area contributed by atoms with Gasteiger partial charge in [0.1, 0.15) is 47.2 Å². The number of ketones is 8. The zero-order valence-corrected chi connectivity index (χ0v) is 78.9. The highest BCUT2D eigenvalue weighted by Gasteiger charge is 2.86. The number of allylic oxidation sites excluding steroid dienone is 8. The monoisotopic (exact) mass is 1990 g/mol. The quantitative estimate of drug-likeness (QED) is 0.0378. The van der Waals surface area contributed by atoms with Gasteiger partial charge in [0.05, 0.1) is 91.7 Å². The summed E-state index contributed by atoms with van der Waals surface area (Å²) in [5, 5.41) is 154. The van der Waals surface area contributed by atoms with Crippen LogP contribution in [0.25, 0.3) is 0 Å². The minimum Gasteiger partial charge on any atom is -0.507 e. The summed E-state index contributed by atoms with van der Waals surface area (Å²) in [6.45, 7) is 6.92. The molecule has 35 heteroatoms. The van der Waals surface area contributed by atoms with Crippen molar-refractivity contribution in [1.29, 1.82) is 0 Å². The molecule has 0 spiro atoms. The Labute approximate surface area is 846 Å². The van der Waals surface area contributed by atoms with Crippen LogP contribution in [0.3, 0.4) is 0 Å². The Morgan fingerprint density at radius 3 is 0.893 bits per heavy atom. The molecule has 0 aromatic heterocycles. The van der Waals surface area contributed by atoms with Crippen molar-refractivity contribution in [3.05, 3.63) is 287 Å². The summed E-state index contributed by atoms with van der Waals surface area (Å²) in [6, 6.07) is 26.3. The Morgan fingerprint density at radius 2 is 0.597 bits per heavy atom. The number of epoxide rings is 4. The summed E-state index contributed by atoms with van der Waals surface area (Å²) < 4.78 is 24.6. The van der Waals surface area contributed by atoms with E-state index in [1.54, 1.807) is 67.7 Å². The molecule has 740 valence electrons. The molecule has 9 aromatic rings. The number of aromatic hydroxyl groups is 4. The summed E-state index contributed by atoms with van der Waals surface area (Å²) in [4.78, 5) is 122. The number of phenolic OH excluding ortho intramolecular Hbond substituents is 4. The van der Waals surface area contributed by atoms with Gasteiger partial charge in [-0.25, -0.2) is 0 Å². The number of fused-ring (bicyclic) bond motifs is 16. The summed E-state index contributed by atoms with van der Waals surface area (Å²) in [5.74, 6) is 38.5. The van der Waals surface area contributed by atoms with E-state index in [1.807, 2.05) is 0 Å². The number of phenols is 4. The zero-order chi connectivity index (χ0) is 105. The molecule has 25 rings (SSSR count). The maximum atomic E-state index is 14.0. The van der Waals surface area contributed by atoms with E-state index < -0.39 is 193 Å². The van der Waals surface area contributed by atoms with Crippen LogP contribution in [-0.4, -0.2) is 229 Å². The van der Waals surface area contributed by atoms with Crippen molar-refractivity contribution in [3.8, 4) is 118 Å². The van der Waals surface area contributed by atoms with Crippen LogP contribution >= 0.6 is 0 Å². The van der Waals surface area contributed by atoms with E-state index in [1.165, 1.54) is 137 Å². The van der Waals surface area contributed by atoms with E-state index in [4.69, 9.17) is 36.1 Å². The topological polar surface area (TPSA) is 609 Å². The number of nitrogens with two attached hydrogens (primary N) is 3. The third-order valence-electron chi connectivity index (χ3n) is 30.1. The Bertz CT molecular complexity index is 8470. The van der Waals surface area contributed by atoms with Crippen molar-refractivity contribution >= 4 is 103 Å². The lowest BCUT2D eigenvalue weighted by molar-refractivity contribution is 0.0866. The molecule has 8 aliphatic carbocycles. The number of ether oxygens (including phenoxy) is 4. The van der Waals surface area contributed by atoms with Crippen molar-refractivity contribution in [3.63, 3.8) is 0 Å². The van der Waals surface area contributed by atoms with Gasteiger partial charge in [-0.05, 0) is 198 Å². The fourth-order valence-corrected chi connectivity index (χ4v) is 23.2. The Hall–Kier alpha value is -17.7. The SMILES string of the molecule is CNc1ccc2c(c1)C(=O)c1c(O)cc3c(c1C2=O)N[C@H]1C#C/C=C\C#C[C@@H](O)[C@@]32O[C@@]12[C@@H](C)O.C[C@@H](O)[C@@]12O[C@]13c1cc(O)c4c(c1N[C@H]2C#C/C=C\C#C[C@H]3O)C(=O)c1ccc(N)cc1C4=O.C[C@@H](O)[C@@]12O[C@]13c1cc(O)c4c(c1N[C@H]2C#C/C=C\C#C[C@H]3O)C(=O)c1ccc(NC(=O)c2ccc(N)cc2)cc1C4=O.C[C@@H](O)[C@@]12O[C@]13c1cc(O)c4c(c1N[C@H]2C#C/C=C\C#C[C@H]3O)C(=O)c1ccc(NCCN)cc1C4=O. The minimum absolute atomic E-state index is 0.00355. The van der Waals surface area contributed by atoms with Crippen molar-refractivity contribution in [1.82, 2.24) is 0 Å². The minimum atomic E-state index is -1.65. The second-order valence-corrected chi connectivity index (χ2v) is 37.8. The normalized spacial score (nSPS) is 29.2. The second-order valence-electron chi connectivity index (χ2n) is 37.8. The fourth-order valence-electron chi connectivity index (χ4n) is 23.2. The van der Waals surface area contributed by atoms with Crippen molar-refractivity contribution in [2.24, 2.45) is 5.73 Å². The molecule has 0 unspecified atom stereocenters. The number of hydrogen-bond donors (Lipinski definition) is 22. The summed E-state index contributed by atoms with van der Waals surface area (Å²) in [7, 11) is 1.70. The molecule has 8 bridgehead atoms. The van der Waals surface area contributed by atoms with Gasteiger partial charge in [0.2, 0.25) is 0 Å². The number of nitrogen functional groups attached to an aromatic ring is 2. The molecular formula is C114H84N10O25. The molecule has 20 atom stereocenters. The molecule has 8 aliphatic heterocycles. The van der Waals surface area contributed by atoms with Crippen molar-refractivity contribution < 1.29 is 123 Å². The van der Waals surface area contributed by atoms with Gasteiger partial charge in [0.25, 0.3) is 5.91 Å². The molecule has 1 amide bonds. The third kappa shape index (κ3) is 13.3. The molecule has 4 fully saturated rings. The Kier molecular flexibility index (Phi) is 22.1. The molecule has 4 saturated heterocycles. The maximum absolute atomic E-state index is 14.0. The molecule has 149 heavy (non-hydrogen) atoms. The molecule has 0 radical (unpaired) electrons. The highest BCUT2D eigenvalue weighted by molar-refractivity contribution is 6.35. The van der Waals surface area contributed by atoms with E-state index in [2.05, 4.69) is 132 Å². The van der Waals surface area contributed by atoms with Crippen LogP contribution in [0, 0.1) is 94.7 Å². The van der Waals surface area contributed by atoms with Gasteiger partial charge in [-0.2, -0.15) is 0 Å². The van der Waals surface area contributed by atoms with Crippen LogP contribution in [0.15, 0.2) is 170 Å². The first-order valence-corrected chi connectivity index (χ1v) is 47.0. The van der Waals surface area contributed by atoms with Crippen LogP contribution in [-0.2, 0) is 41.4 Å². The van der Waals surface area contributed by atoms with E-state index in [0.717, 1.165) is 0 Å². The average Bonchev–Trinajstić information content (AvgIpc) is 1.49. The van der Waals surface area contributed by atoms with Gasteiger partial charge in [-0.15, -0.1) is 0 Å². The van der Waals surface area contributed by atoms with Crippen LogP contribution in [0.4, 0.5) is 51.2 Å². The number of carbonyl (C=O) groups excluding carboxylic acids is 9. The first kappa shape index (κ1) is 96.1. The maximum Gasteiger partial charge on any atom is 0.255 e. The lowest BCUT2D eigenvalue weighted by Gasteiger charge is -2.37. The standard InChI is InChI=1S/C33H23N3O7.C28H23N3O6.C27H20N2O6.C26H18N2O6/c1-16(37)32-24-6-4-2-3-5-7-25(39)33(32,43-32)22-15-23(38)26-27(28(22)36-24)29(40)20-13-12-19(14-21(20)30(26)41)35-31(42)17-8-10-18(34)11-9-17;1-14(32)27-20-6-4-2-3-5-7-21(34)28(27,37-27)18-13-19(33)22-23(24(18)31-20)25(35)16-9-8-15(30-11-10-29)12-17(16)26(22)36;1-13(30)26-19-7-5-3-4-6-8-20(32)27(26,35-26)17-12-18(31)21-22(23(17)29-19)24(33)15-10-9-14(28-2)11-16(15)25(21)34;1-12(29)25-18-6-4-2-3-5-7-19(31)26(25,34-25)16-11-17(30)20-21(22(16)28-18)23(32)14-9-8-13(27)10-15(14)24(20)33/h2-3,8-16,24-25,36-39H,34H2,1H3,(H,35,42);2-3,8-9,12-14,20-21,30-34H,10-11,29H2,1H3;3-4,9-13,19-20,28-32H,1-2H3;2-3,8-12,18-19,28-31H,27H2,1H3/b2*3-2-;4-3-;3-2-/t16-,24+,25-,32+,33+;14-,20+,21-,27+,28+;13-,19+,20-,26+,27+;12-,18+,19-,25+,26+/m1111/s1. The molecule has 9 aromatic carbocycles. The summed E-state index contributed by atoms with van der Waals surface area (Å²) in [5.41, 5.74) is 9.40. The van der Waals surface area contributed by atoms with Gasteiger partial charge in [0.15, 0.2) is 115 Å². The number of rotatable bonds is 10. The summed E-state index contributed by atoms with van der Waals surface area (Å²) in [6.07, 6.45) is 1.75. The number of amides is 1. The predicted octanol–water partition coefficient (Wildman–Crippen LogP) is 4.81. The number of nitrogens with one attached hydrogen (secondary N) is 7. The van der Waals surface area contributed by atoms with Crippen LogP contribution < -0.4 is 54.4 Å². The van der Waals surface area contributed by atoms with Crippen LogP contribution in [0.2, 0.25) is 0 Å². The fraction of sp³-hybridized carbons (Fsp3) is 0.237. The molecule has 8 heterocycles. The number of carbonyl (C=O) groups is 9. The first-order chi connectivity index (χ1) is 71.4. The zero-order valence-electron chi connectivity index (χ0n) is 78.9. The first-order valence-electron chi connectivity index (χ1n) is 47.0. The molecule has 35 nitrogen and oxygen atoms in total. The van der Waals surface area contributed by atoms with Crippen molar-refractivity contribution in [2.75, 3.05) is 68.8 Å². The molecule has 0 saturated carbocycles. The molecular weight excluding hydrogens is 1910 g/mol. The largest absolute Gasteiger partial charge is 0.507 e. The van der Waals surface area contributed by atoms with E-state index >= 15 is 0 Å². The van der Waals surface area contributed by atoms with E-state index in [-0.39, 0.29) is 140 Å². The number of benzene rings is 9. The molecule has 16 aliphatic rings. The van der Waals surface area contributed by atoms with Crippen molar-refractivity contribution in [2.45, 2.75) is 146 Å². The summed E-state index contributed by atoms with van der Waals surface area (Å²) >= 11 is 0. The van der Waals surface area contributed by atoms with E-state index in [9.17, 15) is 104 Å². The van der Waals surface area contributed by atoms with Gasteiger partial charge in [-0.1, -0.05) is 94.7 Å². The number of aliphatic hydroxyl groups excluding tert-OH is 8. The number of anilines is 9. The highest BCUT2D eigenvalue weighted by Crippen LogP contribution is 2.72. The van der Waals surface area contributed by atoms with Gasteiger partial charge in [-0.3, -0.25) is 43.2 Å². The van der Waals surface area contributed by atoms with E-state index in [0.29, 0.717) is 41.4 Å². The van der Waals surface area contributed by atoms with Gasteiger partial charge in [0, 0.05) is 121 Å². The molecule has 25 N–H and O–H groups in total. The number of hydrogen-bond acceptors (Lipinski definition) is 34. The van der Waals surface area contributed by atoms with Crippen LogP contribution in [0.5, 0.6) is 23.0 Å². The highest BCUT2D eigenvalue weighted by atomic mass is 16.7. The lowest BCUT2D eigenvalue weighted by Crippen LogP contribution is -2.54. The predicted molar refractivity (Wildman–Crippen MR) is 537 cm³/mol. The van der Waals surface area contributed by atoms with Crippen LogP contribution in [0.1, 0.15) is 188 Å². The number of aliphatic hydroxyl groups is 8. The second kappa shape index (κ2) is 34.2. The van der Waals surface area contributed by atoms with Gasteiger partial charge >= 0.3 is 0 Å². The lowest BCUT2D eigenvalue weighted by atomic mass is 9.69. The average molecular weight is 1990 g/mol. The van der Waals surface area contributed by atoms with Gasteiger partial charge < -0.3 is 135 Å². The Balaban J connectivity index is 0.000000113. The third-order valence-corrected chi connectivity index (χ3v) is 30.1. The smallest absolute Gasteiger partial charge is 0.255 e.